The average molecular weight is 490 g/mol. The summed E-state index contributed by atoms with van der Waals surface area (Å²) in [5, 5.41) is 1.70. The van der Waals surface area contributed by atoms with Gasteiger partial charge in [0.2, 0.25) is 5.43 Å². The third kappa shape index (κ3) is 4.75. The molecule has 8 heteroatoms. The summed E-state index contributed by atoms with van der Waals surface area (Å²) in [6, 6.07) is 14.4. The molecule has 0 atom stereocenters. The van der Waals surface area contributed by atoms with Crippen molar-refractivity contribution in [3.8, 4) is 22.6 Å². The molecular weight excluding hydrogens is 475 g/mol. The van der Waals surface area contributed by atoms with Gasteiger partial charge in [-0.1, -0.05) is 40.9 Å². The minimum atomic E-state index is -0.606. The summed E-state index contributed by atoms with van der Waals surface area (Å²) in [6.07, 6.45) is 1.32. The van der Waals surface area contributed by atoms with Crippen LogP contribution in [0.25, 0.3) is 22.1 Å². The molecule has 4 aromatic rings. The smallest absolute Gasteiger partial charge is 0.349 e. The van der Waals surface area contributed by atoms with E-state index >= 15 is 0 Å². The van der Waals surface area contributed by atoms with Crippen molar-refractivity contribution >= 4 is 51.7 Å². The first kappa shape index (κ1) is 22.2. The molecule has 0 spiro atoms. The second-order valence-electron chi connectivity index (χ2n) is 6.93. The molecule has 0 aliphatic heterocycles. The zero-order valence-corrected chi connectivity index (χ0v) is 18.9. The number of benzene rings is 3. The number of aryl methyl sites for hydroxylation is 1. The standard InChI is InChI=1S/C24H15Cl3O5/c1-13-8-14(25)3-7-21(13)31-12-23(28)32-16-4-6-18-22(10-16)30-11-19(24(18)29)17-5-2-15(26)9-20(17)27/h2-11H,12H2,1H3. The van der Waals surface area contributed by atoms with E-state index in [0.717, 1.165) is 5.56 Å². The summed E-state index contributed by atoms with van der Waals surface area (Å²) in [5.74, 6) is 0.147. The highest BCUT2D eigenvalue weighted by Crippen LogP contribution is 2.30. The number of esters is 1. The second-order valence-corrected chi connectivity index (χ2v) is 8.21. The first-order valence-electron chi connectivity index (χ1n) is 9.42. The van der Waals surface area contributed by atoms with Crippen molar-refractivity contribution in [2.45, 2.75) is 6.92 Å². The molecule has 162 valence electrons. The van der Waals surface area contributed by atoms with E-state index in [1.54, 1.807) is 36.4 Å². The van der Waals surface area contributed by atoms with Gasteiger partial charge in [0.15, 0.2) is 6.61 Å². The van der Waals surface area contributed by atoms with Crippen LogP contribution in [-0.2, 0) is 4.79 Å². The molecule has 1 heterocycles. The first-order valence-corrected chi connectivity index (χ1v) is 10.6. The lowest BCUT2D eigenvalue weighted by molar-refractivity contribution is -0.136. The minimum absolute atomic E-state index is 0.222. The summed E-state index contributed by atoms with van der Waals surface area (Å²) in [5.41, 5.74) is 1.61. The van der Waals surface area contributed by atoms with Gasteiger partial charge in [-0.25, -0.2) is 4.79 Å². The van der Waals surface area contributed by atoms with Gasteiger partial charge < -0.3 is 13.9 Å². The van der Waals surface area contributed by atoms with Crippen molar-refractivity contribution in [1.82, 2.24) is 0 Å². The van der Waals surface area contributed by atoms with E-state index in [2.05, 4.69) is 0 Å². The molecule has 0 unspecified atom stereocenters. The molecule has 4 rings (SSSR count). The van der Waals surface area contributed by atoms with E-state index in [0.29, 0.717) is 37.3 Å². The van der Waals surface area contributed by atoms with Crippen LogP contribution in [0.4, 0.5) is 0 Å². The highest BCUT2D eigenvalue weighted by Gasteiger charge is 2.14. The van der Waals surface area contributed by atoms with Crippen LogP contribution in [-0.4, -0.2) is 12.6 Å². The monoisotopic (exact) mass is 488 g/mol. The van der Waals surface area contributed by atoms with Crippen LogP contribution in [0.5, 0.6) is 11.5 Å². The SMILES string of the molecule is Cc1cc(Cl)ccc1OCC(=O)Oc1ccc2c(=O)c(-c3ccc(Cl)cc3Cl)coc2c1. The van der Waals surface area contributed by atoms with Crippen molar-refractivity contribution < 1.29 is 18.7 Å². The minimum Gasteiger partial charge on any atom is -0.482 e. The molecule has 0 aliphatic carbocycles. The number of halogens is 3. The lowest BCUT2D eigenvalue weighted by Crippen LogP contribution is -2.18. The largest absolute Gasteiger partial charge is 0.482 e. The molecule has 32 heavy (non-hydrogen) atoms. The quantitative estimate of drug-likeness (QED) is 0.230. The Labute approximate surface area is 198 Å². The Balaban J connectivity index is 1.52. The number of fused-ring (bicyclic) bond motifs is 1. The van der Waals surface area contributed by atoms with E-state index in [1.165, 1.54) is 24.5 Å². The van der Waals surface area contributed by atoms with E-state index in [9.17, 15) is 9.59 Å². The number of hydrogen-bond donors (Lipinski definition) is 0. The van der Waals surface area contributed by atoms with Gasteiger partial charge in [-0.2, -0.15) is 0 Å². The third-order valence-corrected chi connectivity index (χ3v) is 5.46. The van der Waals surface area contributed by atoms with Crippen LogP contribution in [0.2, 0.25) is 15.1 Å². The number of hydrogen-bond acceptors (Lipinski definition) is 5. The molecule has 0 saturated heterocycles. The maximum atomic E-state index is 12.9. The molecule has 0 amide bonds. The summed E-state index contributed by atoms with van der Waals surface area (Å²) in [7, 11) is 0. The molecule has 0 N–H and O–H groups in total. The third-order valence-electron chi connectivity index (χ3n) is 4.68. The molecule has 3 aromatic carbocycles. The Kier molecular flexibility index (Phi) is 6.42. The van der Waals surface area contributed by atoms with Gasteiger partial charge >= 0.3 is 5.97 Å². The molecule has 1 aromatic heterocycles. The second kappa shape index (κ2) is 9.25. The van der Waals surface area contributed by atoms with Crippen LogP contribution >= 0.6 is 34.8 Å². The zero-order valence-electron chi connectivity index (χ0n) is 16.7. The van der Waals surface area contributed by atoms with Crippen LogP contribution in [0.3, 0.4) is 0 Å². The van der Waals surface area contributed by atoms with Gasteiger partial charge in [0, 0.05) is 21.7 Å². The molecule has 0 saturated carbocycles. The fraction of sp³-hybridized carbons (Fsp3) is 0.0833. The van der Waals surface area contributed by atoms with Gasteiger partial charge in [-0.3, -0.25) is 4.79 Å². The molecule has 0 fully saturated rings. The Bertz CT molecular complexity index is 1390. The van der Waals surface area contributed by atoms with E-state index < -0.39 is 5.97 Å². The topological polar surface area (TPSA) is 65.7 Å². The van der Waals surface area contributed by atoms with Crippen LogP contribution in [0.15, 0.2) is 70.1 Å². The Morgan fingerprint density at radius 3 is 2.44 bits per heavy atom. The van der Waals surface area contributed by atoms with Crippen LogP contribution < -0.4 is 14.9 Å². The maximum Gasteiger partial charge on any atom is 0.349 e. The maximum absolute atomic E-state index is 12.9. The lowest BCUT2D eigenvalue weighted by Gasteiger charge is -2.10. The lowest BCUT2D eigenvalue weighted by atomic mass is 10.1. The predicted molar refractivity (Wildman–Crippen MR) is 125 cm³/mol. The van der Waals surface area contributed by atoms with Crippen LogP contribution in [0, 0.1) is 6.92 Å². The van der Waals surface area contributed by atoms with E-state index in [1.807, 2.05) is 6.92 Å². The van der Waals surface area contributed by atoms with E-state index in [-0.39, 0.29) is 23.4 Å². The van der Waals surface area contributed by atoms with Crippen molar-refractivity contribution in [1.29, 1.82) is 0 Å². The number of carbonyl (C=O) groups excluding carboxylic acids is 1. The zero-order chi connectivity index (χ0) is 22.8. The normalized spacial score (nSPS) is 10.9. The number of rotatable bonds is 5. The molecule has 0 bridgehead atoms. The van der Waals surface area contributed by atoms with Gasteiger partial charge in [0.25, 0.3) is 0 Å². The Morgan fingerprint density at radius 2 is 1.69 bits per heavy atom. The summed E-state index contributed by atoms with van der Waals surface area (Å²) in [6.45, 7) is 1.53. The molecule has 0 radical (unpaired) electrons. The van der Waals surface area contributed by atoms with Crippen molar-refractivity contribution in [2.75, 3.05) is 6.61 Å². The van der Waals surface area contributed by atoms with Gasteiger partial charge in [0.1, 0.15) is 23.3 Å². The van der Waals surface area contributed by atoms with Gasteiger partial charge in [0.05, 0.1) is 16.0 Å². The molecular formula is C24H15Cl3O5. The first-order chi connectivity index (χ1) is 15.3. The fourth-order valence-electron chi connectivity index (χ4n) is 3.14. The van der Waals surface area contributed by atoms with Gasteiger partial charge in [-0.15, -0.1) is 0 Å². The van der Waals surface area contributed by atoms with Crippen molar-refractivity contribution in [2.24, 2.45) is 0 Å². The highest BCUT2D eigenvalue weighted by molar-refractivity contribution is 6.36. The molecule has 5 nitrogen and oxygen atoms in total. The van der Waals surface area contributed by atoms with Gasteiger partial charge in [-0.05, 0) is 55.0 Å². The predicted octanol–water partition coefficient (Wildman–Crippen LogP) is 6.71. The van der Waals surface area contributed by atoms with E-state index in [4.69, 9.17) is 48.7 Å². The highest BCUT2D eigenvalue weighted by atomic mass is 35.5. The fourth-order valence-corrected chi connectivity index (χ4v) is 3.88. The van der Waals surface area contributed by atoms with Crippen LogP contribution in [0.1, 0.15) is 5.56 Å². The van der Waals surface area contributed by atoms with Crippen molar-refractivity contribution in [3.63, 3.8) is 0 Å². The Morgan fingerprint density at radius 1 is 0.938 bits per heavy atom. The average Bonchev–Trinajstić information content (AvgIpc) is 2.74. The molecule has 0 aliphatic rings. The summed E-state index contributed by atoms with van der Waals surface area (Å²) in [4.78, 5) is 25.1. The number of carbonyl (C=O) groups is 1. The van der Waals surface area contributed by atoms with Crippen molar-refractivity contribution in [3.05, 3.63) is 91.7 Å². The summed E-state index contributed by atoms with van der Waals surface area (Å²) >= 11 is 18.1. The number of ether oxygens (including phenoxy) is 2. The summed E-state index contributed by atoms with van der Waals surface area (Å²) < 4.78 is 16.4. The Hall–Kier alpha value is -2.99.